The van der Waals surface area contributed by atoms with E-state index in [0.29, 0.717) is 63.8 Å². The van der Waals surface area contributed by atoms with E-state index in [9.17, 15) is 9.59 Å². The quantitative estimate of drug-likeness (QED) is 0.367. The molecule has 184 valence electrons. The highest BCUT2D eigenvalue weighted by Gasteiger charge is 2.19. The molecule has 2 aromatic carbocycles. The van der Waals surface area contributed by atoms with Crippen molar-refractivity contribution in [3.05, 3.63) is 66.0 Å². The van der Waals surface area contributed by atoms with Crippen molar-refractivity contribution in [1.29, 1.82) is 0 Å². The number of benzene rings is 2. The van der Waals surface area contributed by atoms with Gasteiger partial charge in [-0.3, -0.25) is 9.59 Å². The smallest absolute Gasteiger partial charge is 0.282 e. The van der Waals surface area contributed by atoms with E-state index >= 15 is 0 Å². The second-order valence-corrected chi connectivity index (χ2v) is 10.4. The molecule has 11 heteroatoms. The minimum atomic E-state index is -0.290. The topological polar surface area (TPSA) is 86.0 Å². The van der Waals surface area contributed by atoms with Gasteiger partial charge in [-0.2, -0.15) is 9.78 Å². The standard InChI is InChI=1S/C24H23Br2ClN4O4/c1-14(2)23-29-20-4-3-16(25)10-18(20)24(33)31(23)28-12-15-9-17(27)11-19(26)22(15)35-13-21(32)30-5-7-34-8-6-30/h3-4,9-12,14H,5-8,13H2,1-2H3. The molecule has 1 aliphatic heterocycles. The number of carbonyl (C=O) groups is 1. The van der Waals surface area contributed by atoms with Crippen LogP contribution in [0.1, 0.15) is 31.2 Å². The van der Waals surface area contributed by atoms with Crippen molar-refractivity contribution in [3.8, 4) is 5.75 Å². The molecule has 0 aliphatic carbocycles. The molecule has 0 spiro atoms. The number of rotatable bonds is 6. The normalized spacial score (nSPS) is 14.3. The molecule has 0 bridgehead atoms. The van der Waals surface area contributed by atoms with Crippen molar-refractivity contribution in [1.82, 2.24) is 14.6 Å². The molecule has 1 saturated heterocycles. The summed E-state index contributed by atoms with van der Waals surface area (Å²) in [5.41, 5.74) is 0.821. The van der Waals surface area contributed by atoms with Crippen LogP contribution in [0.2, 0.25) is 5.02 Å². The van der Waals surface area contributed by atoms with Crippen LogP contribution in [-0.2, 0) is 9.53 Å². The molecule has 0 unspecified atom stereocenters. The Hall–Kier alpha value is -2.27. The number of ether oxygens (including phenoxy) is 2. The van der Waals surface area contributed by atoms with Crippen LogP contribution < -0.4 is 10.3 Å². The fourth-order valence-corrected chi connectivity index (χ4v) is 4.95. The Morgan fingerprint density at radius 3 is 2.71 bits per heavy atom. The maximum atomic E-state index is 13.3. The number of amides is 1. The van der Waals surface area contributed by atoms with E-state index in [2.05, 4.69) is 41.9 Å². The molecule has 0 saturated carbocycles. The van der Waals surface area contributed by atoms with Gasteiger partial charge in [0.1, 0.15) is 11.6 Å². The van der Waals surface area contributed by atoms with Gasteiger partial charge in [0.25, 0.3) is 11.5 Å². The highest BCUT2D eigenvalue weighted by molar-refractivity contribution is 9.10. The lowest BCUT2D eigenvalue weighted by molar-refractivity contribution is -0.137. The Balaban J connectivity index is 1.69. The Bertz CT molecular complexity index is 1350. The molecular weight excluding hydrogens is 604 g/mol. The minimum absolute atomic E-state index is 0.0548. The lowest BCUT2D eigenvalue weighted by atomic mass is 10.2. The number of carbonyl (C=O) groups excluding carboxylic acids is 1. The van der Waals surface area contributed by atoms with Crippen LogP contribution in [0, 0.1) is 0 Å². The zero-order chi connectivity index (χ0) is 25.1. The molecule has 1 aromatic heterocycles. The molecule has 0 radical (unpaired) electrons. The summed E-state index contributed by atoms with van der Waals surface area (Å²) in [4.78, 5) is 32.2. The van der Waals surface area contributed by atoms with Crippen LogP contribution in [0.3, 0.4) is 0 Å². The molecular formula is C24H23Br2ClN4O4. The summed E-state index contributed by atoms with van der Waals surface area (Å²) in [7, 11) is 0. The Morgan fingerprint density at radius 1 is 1.26 bits per heavy atom. The van der Waals surface area contributed by atoms with Crippen molar-refractivity contribution < 1.29 is 14.3 Å². The molecule has 35 heavy (non-hydrogen) atoms. The fraction of sp³-hybridized carbons (Fsp3) is 0.333. The van der Waals surface area contributed by atoms with E-state index in [1.807, 2.05) is 19.9 Å². The van der Waals surface area contributed by atoms with E-state index in [1.165, 1.54) is 10.9 Å². The molecule has 0 atom stereocenters. The van der Waals surface area contributed by atoms with Crippen LogP contribution in [0.25, 0.3) is 10.9 Å². The number of hydrogen-bond donors (Lipinski definition) is 0. The summed E-state index contributed by atoms with van der Waals surface area (Å²) in [6.07, 6.45) is 1.49. The summed E-state index contributed by atoms with van der Waals surface area (Å²) < 4.78 is 13.8. The van der Waals surface area contributed by atoms with Gasteiger partial charge in [-0.1, -0.05) is 41.4 Å². The molecule has 1 aliphatic rings. The van der Waals surface area contributed by atoms with Gasteiger partial charge in [-0.25, -0.2) is 4.98 Å². The summed E-state index contributed by atoms with van der Waals surface area (Å²) in [5.74, 6) is 0.726. The largest absolute Gasteiger partial charge is 0.482 e. The fourth-order valence-electron chi connectivity index (χ4n) is 3.64. The van der Waals surface area contributed by atoms with Crippen molar-refractivity contribution >= 4 is 66.5 Å². The first-order chi connectivity index (χ1) is 16.7. The molecule has 8 nitrogen and oxygen atoms in total. The molecule has 4 rings (SSSR count). The highest BCUT2D eigenvalue weighted by atomic mass is 79.9. The van der Waals surface area contributed by atoms with Crippen LogP contribution in [0.5, 0.6) is 5.75 Å². The zero-order valence-electron chi connectivity index (χ0n) is 19.1. The molecule has 2 heterocycles. The van der Waals surface area contributed by atoms with E-state index in [1.54, 1.807) is 29.2 Å². The summed E-state index contributed by atoms with van der Waals surface area (Å²) in [5, 5.41) is 5.36. The van der Waals surface area contributed by atoms with E-state index < -0.39 is 0 Å². The van der Waals surface area contributed by atoms with Gasteiger partial charge in [0.2, 0.25) is 0 Å². The Morgan fingerprint density at radius 2 is 2.00 bits per heavy atom. The number of fused-ring (bicyclic) bond motifs is 1. The van der Waals surface area contributed by atoms with Crippen LogP contribution in [0.4, 0.5) is 0 Å². The Kier molecular flexibility index (Phi) is 8.26. The third kappa shape index (κ3) is 5.94. The van der Waals surface area contributed by atoms with Gasteiger partial charge in [0.05, 0.1) is 34.8 Å². The number of nitrogens with zero attached hydrogens (tertiary/aromatic N) is 4. The average Bonchev–Trinajstić information content (AvgIpc) is 2.83. The number of hydrogen-bond acceptors (Lipinski definition) is 6. The van der Waals surface area contributed by atoms with E-state index in [0.717, 1.165) is 4.47 Å². The number of morpholine rings is 1. The van der Waals surface area contributed by atoms with Crippen molar-refractivity contribution in [2.24, 2.45) is 5.10 Å². The first-order valence-electron chi connectivity index (χ1n) is 11.0. The lowest BCUT2D eigenvalue weighted by Crippen LogP contribution is -2.43. The second-order valence-electron chi connectivity index (χ2n) is 8.24. The predicted molar refractivity (Wildman–Crippen MR) is 143 cm³/mol. The van der Waals surface area contributed by atoms with Crippen LogP contribution in [-0.4, -0.2) is 59.6 Å². The molecule has 1 amide bonds. The van der Waals surface area contributed by atoms with Gasteiger partial charge >= 0.3 is 0 Å². The predicted octanol–water partition coefficient (Wildman–Crippen LogP) is 4.82. The first-order valence-corrected chi connectivity index (χ1v) is 12.9. The molecule has 1 fully saturated rings. The first kappa shape index (κ1) is 25.8. The maximum Gasteiger partial charge on any atom is 0.282 e. The summed E-state index contributed by atoms with van der Waals surface area (Å²) >= 11 is 13.1. The van der Waals surface area contributed by atoms with Crippen molar-refractivity contribution in [3.63, 3.8) is 0 Å². The lowest BCUT2D eigenvalue weighted by Gasteiger charge is -2.26. The van der Waals surface area contributed by atoms with E-state index in [4.69, 9.17) is 21.1 Å². The van der Waals surface area contributed by atoms with Gasteiger partial charge in [0, 0.05) is 34.1 Å². The van der Waals surface area contributed by atoms with Gasteiger partial charge < -0.3 is 14.4 Å². The zero-order valence-corrected chi connectivity index (χ0v) is 23.1. The van der Waals surface area contributed by atoms with E-state index in [-0.39, 0.29) is 24.0 Å². The number of halogens is 3. The summed E-state index contributed by atoms with van der Waals surface area (Å²) in [6.45, 7) is 5.83. The highest BCUT2D eigenvalue weighted by Crippen LogP contribution is 2.32. The van der Waals surface area contributed by atoms with Crippen LogP contribution in [0.15, 0.2) is 49.2 Å². The van der Waals surface area contributed by atoms with Gasteiger partial charge in [-0.15, -0.1) is 0 Å². The van der Waals surface area contributed by atoms with Gasteiger partial charge in [0.15, 0.2) is 6.61 Å². The Labute approximate surface area is 224 Å². The third-order valence-corrected chi connectivity index (χ3v) is 6.70. The minimum Gasteiger partial charge on any atom is -0.482 e. The number of aromatic nitrogens is 2. The molecule has 0 N–H and O–H groups in total. The van der Waals surface area contributed by atoms with Crippen molar-refractivity contribution in [2.45, 2.75) is 19.8 Å². The van der Waals surface area contributed by atoms with Crippen LogP contribution >= 0.6 is 43.5 Å². The summed E-state index contributed by atoms with van der Waals surface area (Å²) in [6, 6.07) is 8.70. The average molecular weight is 627 g/mol. The van der Waals surface area contributed by atoms with Gasteiger partial charge in [-0.05, 0) is 46.3 Å². The monoisotopic (exact) mass is 624 g/mol. The third-order valence-electron chi connectivity index (χ3n) is 5.40. The molecule has 3 aromatic rings. The maximum absolute atomic E-state index is 13.3. The van der Waals surface area contributed by atoms with Crippen molar-refractivity contribution in [2.75, 3.05) is 32.9 Å². The SMILES string of the molecule is CC(C)c1nc2ccc(Br)cc2c(=O)n1N=Cc1cc(Cl)cc(Br)c1OCC(=O)N1CCOCC1. The second kappa shape index (κ2) is 11.2.